The van der Waals surface area contributed by atoms with Crippen LogP contribution in [0.5, 0.6) is 23.1 Å². The molecular weight excluding hydrogens is 526 g/mol. The van der Waals surface area contributed by atoms with Gasteiger partial charge in [0.1, 0.15) is 11.6 Å². The maximum absolute atomic E-state index is 13.4. The molecule has 0 saturated heterocycles. The fourth-order valence-electron chi connectivity index (χ4n) is 2.81. The molecule has 3 rings (SSSR count). The SMILES string of the molecule is CCOc1ccc(NC(=NC)NCc2cccnc2Oc2cccc(F)c2)cc1OC.I. The Kier molecular flexibility index (Phi) is 9.99. The van der Waals surface area contributed by atoms with E-state index in [9.17, 15) is 4.39 Å². The van der Waals surface area contributed by atoms with E-state index in [1.165, 1.54) is 12.1 Å². The third kappa shape index (κ3) is 6.98. The summed E-state index contributed by atoms with van der Waals surface area (Å²) in [7, 11) is 3.27. The Morgan fingerprint density at radius 2 is 1.94 bits per heavy atom. The summed E-state index contributed by atoms with van der Waals surface area (Å²) in [6.07, 6.45) is 1.62. The van der Waals surface area contributed by atoms with E-state index in [1.54, 1.807) is 32.5 Å². The van der Waals surface area contributed by atoms with Gasteiger partial charge in [-0.3, -0.25) is 4.99 Å². The number of nitrogens with one attached hydrogen (secondary N) is 2. The molecule has 1 heterocycles. The summed E-state index contributed by atoms with van der Waals surface area (Å²) >= 11 is 0. The highest BCUT2D eigenvalue weighted by Gasteiger charge is 2.10. The van der Waals surface area contributed by atoms with E-state index in [4.69, 9.17) is 14.2 Å². The highest BCUT2D eigenvalue weighted by Crippen LogP contribution is 2.30. The zero-order valence-corrected chi connectivity index (χ0v) is 20.4. The average Bonchev–Trinajstić information content (AvgIpc) is 2.78. The fraction of sp³-hybridized carbons (Fsp3) is 0.217. The summed E-state index contributed by atoms with van der Waals surface area (Å²) < 4.78 is 30.1. The topological polar surface area (TPSA) is 77.0 Å². The number of nitrogens with zero attached hydrogens (tertiary/aromatic N) is 2. The van der Waals surface area contributed by atoms with E-state index >= 15 is 0 Å². The molecule has 0 atom stereocenters. The number of guanidine groups is 1. The van der Waals surface area contributed by atoms with Crippen LogP contribution < -0.4 is 24.8 Å². The van der Waals surface area contributed by atoms with E-state index in [-0.39, 0.29) is 29.8 Å². The van der Waals surface area contributed by atoms with E-state index in [0.29, 0.717) is 42.2 Å². The number of rotatable bonds is 8. The van der Waals surface area contributed by atoms with Crippen LogP contribution in [0.4, 0.5) is 10.1 Å². The average molecular weight is 552 g/mol. The van der Waals surface area contributed by atoms with E-state index in [0.717, 1.165) is 11.3 Å². The third-order valence-electron chi connectivity index (χ3n) is 4.26. The van der Waals surface area contributed by atoms with E-state index in [1.807, 2.05) is 37.3 Å². The molecule has 0 aliphatic carbocycles. The first kappa shape index (κ1) is 25.2. The monoisotopic (exact) mass is 552 g/mol. The highest BCUT2D eigenvalue weighted by atomic mass is 127. The van der Waals surface area contributed by atoms with E-state index < -0.39 is 0 Å². The van der Waals surface area contributed by atoms with Gasteiger partial charge < -0.3 is 24.8 Å². The van der Waals surface area contributed by atoms with Crippen LogP contribution in [0.1, 0.15) is 12.5 Å². The quantitative estimate of drug-likeness (QED) is 0.227. The molecule has 0 aliphatic rings. The Morgan fingerprint density at radius 3 is 2.66 bits per heavy atom. The van der Waals surface area contributed by atoms with Crippen molar-refractivity contribution in [3.05, 3.63) is 72.2 Å². The molecule has 0 radical (unpaired) electrons. The van der Waals surface area contributed by atoms with Crippen molar-refractivity contribution in [2.45, 2.75) is 13.5 Å². The van der Waals surface area contributed by atoms with Crippen molar-refractivity contribution in [2.24, 2.45) is 4.99 Å². The van der Waals surface area contributed by atoms with Gasteiger partial charge in [-0.15, -0.1) is 24.0 Å². The fourth-order valence-corrected chi connectivity index (χ4v) is 2.81. The number of anilines is 1. The first-order chi connectivity index (χ1) is 15.1. The van der Waals surface area contributed by atoms with Crippen molar-refractivity contribution in [2.75, 3.05) is 26.1 Å². The van der Waals surface area contributed by atoms with Crippen molar-refractivity contribution in [3.63, 3.8) is 0 Å². The van der Waals surface area contributed by atoms with E-state index in [2.05, 4.69) is 20.6 Å². The molecule has 32 heavy (non-hydrogen) atoms. The van der Waals surface area contributed by atoms with Crippen LogP contribution in [0.2, 0.25) is 0 Å². The molecule has 0 amide bonds. The Bertz CT molecular complexity index is 1050. The minimum Gasteiger partial charge on any atom is -0.493 e. The van der Waals surface area contributed by atoms with Crippen LogP contribution in [0.15, 0.2) is 65.8 Å². The second kappa shape index (κ2) is 12.7. The van der Waals surface area contributed by atoms with Crippen molar-refractivity contribution in [3.8, 4) is 23.1 Å². The number of aromatic nitrogens is 1. The second-order valence-corrected chi connectivity index (χ2v) is 6.38. The van der Waals surface area contributed by atoms with Crippen molar-refractivity contribution >= 4 is 35.6 Å². The number of benzene rings is 2. The number of pyridine rings is 1. The van der Waals surface area contributed by atoms with Gasteiger partial charge in [0.2, 0.25) is 5.88 Å². The normalized spacial score (nSPS) is 10.7. The van der Waals surface area contributed by atoms with Gasteiger partial charge in [-0.2, -0.15) is 0 Å². The van der Waals surface area contributed by atoms with Gasteiger partial charge >= 0.3 is 0 Å². The second-order valence-electron chi connectivity index (χ2n) is 6.38. The Hall–Kier alpha value is -3.08. The number of hydrogen-bond donors (Lipinski definition) is 2. The van der Waals surface area contributed by atoms with Crippen molar-refractivity contribution < 1.29 is 18.6 Å². The molecule has 0 unspecified atom stereocenters. The van der Waals surface area contributed by atoms with Gasteiger partial charge in [-0.05, 0) is 37.3 Å². The molecular formula is C23H26FIN4O3. The Labute approximate surface area is 204 Å². The van der Waals surface area contributed by atoms with Crippen LogP contribution in [-0.2, 0) is 6.54 Å². The summed E-state index contributed by atoms with van der Waals surface area (Å²) in [5.41, 5.74) is 1.58. The highest BCUT2D eigenvalue weighted by molar-refractivity contribution is 14.0. The summed E-state index contributed by atoms with van der Waals surface area (Å²) in [4.78, 5) is 8.52. The van der Waals surface area contributed by atoms with Crippen molar-refractivity contribution in [1.29, 1.82) is 0 Å². The minimum atomic E-state index is -0.372. The number of aliphatic imine (C=N–C) groups is 1. The molecule has 1 aromatic heterocycles. The summed E-state index contributed by atoms with van der Waals surface area (Å²) in [5, 5.41) is 6.43. The molecule has 7 nitrogen and oxygen atoms in total. The van der Waals surface area contributed by atoms with Gasteiger partial charge in [-0.25, -0.2) is 9.37 Å². The van der Waals surface area contributed by atoms with Gasteiger partial charge in [0.15, 0.2) is 17.5 Å². The standard InChI is InChI=1S/C23H25FN4O3.HI/c1-4-30-20-11-10-18(14-21(20)29-3)28-23(25-2)27-15-16-7-6-12-26-22(16)31-19-9-5-8-17(24)13-19;/h5-14H,4,15H2,1-3H3,(H2,25,27,28);1H. The van der Waals surface area contributed by atoms with Gasteiger partial charge in [0.25, 0.3) is 0 Å². The molecule has 0 bridgehead atoms. The molecule has 170 valence electrons. The summed E-state index contributed by atoms with van der Waals surface area (Å²) in [5.74, 6) is 2.24. The van der Waals surface area contributed by atoms with Crippen LogP contribution >= 0.6 is 24.0 Å². The molecule has 0 spiro atoms. The zero-order chi connectivity index (χ0) is 22.1. The van der Waals surface area contributed by atoms with Crippen LogP contribution in [0.25, 0.3) is 0 Å². The predicted octanol–water partition coefficient (Wildman–Crippen LogP) is 5.23. The van der Waals surface area contributed by atoms with Gasteiger partial charge in [0, 0.05) is 43.2 Å². The minimum absolute atomic E-state index is 0. The number of ether oxygens (including phenoxy) is 3. The molecule has 2 N–H and O–H groups in total. The third-order valence-corrected chi connectivity index (χ3v) is 4.26. The van der Waals surface area contributed by atoms with Gasteiger partial charge in [-0.1, -0.05) is 12.1 Å². The van der Waals surface area contributed by atoms with Crippen molar-refractivity contribution in [1.82, 2.24) is 10.3 Å². The first-order valence-corrected chi connectivity index (χ1v) is 9.78. The molecule has 0 saturated carbocycles. The lowest BCUT2D eigenvalue weighted by molar-refractivity contribution is 0.311. The van der Waals surface area contributed by atoms with Crippen LogP contribution in [0.3, 0.4) is 0 Å². The summed E-state index contributed by atoms with van der Waals surface area (Å²) in [6, 6.07) is 15.2. The first-order valence-electron chi connectivity index (χ1n) is 9.78. The number of halogens is 2. The molecule has 2 aromatic carbocycles. The maximum Gasteiger partial charge on any atom is 0.224 e. The number of hydrogen-bond acceptors (Lipinski definition) is 5. The summed E-state index contributed by atoms with van der Waals surface area (Å²) in [6.45, 7) is 2.87. The molecule has 0 fully saturated rings. The maximum atomic E-state index is 13.4. The molecule has 0 aliphatic heterocycles. The molecule has 3 aromatic rings. The Morgan fingerprint density at radius 1 is 1.09 bits per heavy atom. The Balaban J connectivity index is 0.00000363. The zero-order valence-electron chi connectivity index (χ0n) is 18.1. The van der Waals surface area contributed by atoms with Crippen LogP contribution in [-0.4, -0.2) is 31.7 Å². The smallest absolute Gasteiger partial charge is 0.224 e. The van der Waals surface area contributed by atoms with Crippen LogP contribution in [0, 0.1) is 5.82 Å². The number of methoxy groups -OCH3 is 1. The largest absolute Gasteiger partial charge is 0.493 e. The lowest BCUT2D eigenvalue weighted by atomic mass is 10.2. The predicted molar refractivity (Wildman–Crippen MR) is 134 cm³/mol. The molecule has 9 heteroatoms. The van der Waals surface area contributed by atoms with Gasteiger partial charge in [0.05, 0.1) is 13.7 Å². The lowest BCUT2D eigenvalue weighted by Crippen LogP contribution is -2.30. The lowest BCUT2D eigenvalue weighted by Gasteiger charge is -2.15.